The summed E-state index contributed by atoms with van der Waals surface area (Å²) >= 11 is 5.05. The summed E-state index contributed by atoms with van der Waals surface area (Å²) in [7, 11) is 1.66. The topological polar surface area (TPSA) is 74.2 Å². The zero-order valence-corrected chi connectivity index (χ0v) is 17.4. The number of methoxy groups -OCH3 is 1. The number of aryl methyl sites for hydroxylation is 2. The second-order valence-corrected chi connectivity index (χ2v) is 7.74. The number of carbonyl (C=O) groups excluding carboxylic acids is 1. The normalized spacial score (nSPS) is 10.4. The van der Waals surface area contributed by atoms with Crippen LogP contribution >= 0.6 is 27.3 Å². The third-order valence-electron chi connectivity index (χ3n) is 3.92. The number of nitrogens with one attached hydrogen (secondary N) is 3. The summed E-state index contributed by atoms with van der Waals surface area (Å²) in [5, 5.41) is 15.3. The van der Waals surface area contributed by atoms with Crippen LogP contribution in [0.25, 0.3) is 0 Å². The molecule has 0 atom stereocenters. The second kappa shape index (κ2) is 10.3. The monoisotopic (exact) mass is 437 g/mol. The molecule has 1 heterocycles. The summed E-state index contributed by atoms with van der Waals surface area (Å²) in [6.07, 6.45) is 3.53. The van der Waals surface area contributed by atoms with Crippen molar-refractivity contribution in [2.24, 2.45) is 0 Å². The Labute approximate surface area is 166 Å². The number of benzene rings is 1. The van der Waals surface area contributed by atoms with Crippen LogP contribution in [0.2, 0.25) is 0 Å². The summed E-state index contributed by atoms with van der Waals surface area (Å²) in [4.78, 5) is 13.4. The van der Waals surface area contributed by atoms with Crippen LogP contribution in [0.15, 0.2) is 34.1 Å². The highest BCUT2D eigenvalue weighted by atomic mass is 79.9. The molecule has 0 aliphatic rings. The lowest BCUT2D eigenvalue weighted by molar-refractivity contribution is 0.0975. The first-order valence-electron chi connectivity index (χ1n) is 8.57. The molecule has 0 spiro atoms. The Hall–Kier alpha value is -1.86. The summed E-state index contributed by atoms with van der Waals surface area (Å²) in [5.74, 6) is 0.656. The van der Waals surface area contributed by atoms with Crippen LogP contribution in [0, 0.1) is 5.41 Å². The summed E-state index contributed by atoms with van der Waals surface area (Å²) < 4.78 is 6.42. The molecule has 0 aliphatic carbocycles. The van der Waals surface area contributed by atoms with Crippen molar-refractivity contribution in [3.05, 3.63) is 50.1 Å². The number of guanidine groups is 1. The Bertz CT molecular complexity index is 761. The lowest BCUT2D eigenvalue weighted by Gasteiger charge is -2.11. The minimum absolute atomic E-state index is 0.0502. The minimum Gasteiger partial charge on any atom is -0.496 e. The summed E-state index contributed by atoms with van der Waals surface area (Å²) in [5.41, 5.74) is 1.72. The van der Waals surface area contributed by atoms with Gasteiger partial charge in [-0.3, -0.25) is 15.5 Å². The average Bonchev–Trinajstić information content (AvgIpc) is 3.09. The van der Waals surface area contributed by atoms with E-state index in [0.29, 0.717) is 12.1 Å². The van der Waals surface area contributed by atoms with E-state index < -0.39 is 0 Å². The first-order valence-corrected chi connectivity index (χ1v) is 10.2. The zero-order valence-electron chi connectivity index (χ0n) is 15.0. The predicted octanol–water partition coefficient (Wildman–Crippen LogP) is 4.36. The van der Waals surface area contributed by atoms with Gasteiger partial charge in [-0.05, 0) is 54.5 Å². The molecule has 5 nitrogen and oxygen atoms in total. The molecule has 1 amide bonds. The van der Waals surface area contributed by atoms with E-state index in [1.54, 1.807) is 18.4 Å². The molecule has 3 N–H and O–H groups in total. The number of ether oxygens (including phenoxy) is 1. The molecule has 0 unspecified atom stereocenters. The quantitative estimate of drug-likeness (QED) is 0.326. The molecule has 2 rings (SSSR count). The van der Waals surface area contributed by atoms with Gasteiger partial charge in [-0.1, -0.05) is 29.3 Å². The van der Waals surface area contributed by atoms with E-state index in [9.17, 15) is 4.79 Å². The van der Waals surface area contributed by atoms with Crippen molar-refractivity contribution in [3.8, 4) is 5.75 Å². The van der Waals surface area contributed by atoms with Crippen molar-refractivity contribution in [1.82, 2.24) is 10.6 Å². The smallest absolute Gasteiger partial charge is 0.259 e. The standard InChI is InChI=1S/C19H24BrN3O2S/c1-3-4-10-22-19(21)23-18(24)15-9-11-26-17(15)8-5-13-12-14(20)6-7-16(13)25-2/h6-7,9,11-12H,3-5,8,10H2,1-2H3,(H3,21,22,23,24). The van der Waals surface area contributed by atoms with Gasteiger partial charge in [0.2, 0.25) is 0 Å². The molecule has 1 aromatic carbocycles. The summed E-state index contributed by atoms with van der Waals surface area (Å²) in [6.45, 7) is 2.77. The van der Waals surface area contributed by atoms with Crippen molar-refractivity contribution in [3.63, 3.8) is 0 Å². The van der Waals surface area contributed by atoms with Gasteiger partial charge >= 0.3 is 0 Å². The molecule has 0 aliphatic heterocycles. The van der Waals surface area contributed by atoms with Crippen molar-refractivity contribution in [2.75, 3.05) is 13.7 Å². The van der Waals surface area contributed by atoms with Gasteiger partial charge in [0.15, 0.2) is 5.96 Å². The molecule has 0 bridgehead atoms. The molecule has 1 aromatic heterocycles. The highest BCUT2D eigenvalue weighted by molar-refractivity contribution is 9.10. The maximum Gasteiger partial charge on any atom is 0.259 e. The van der Waals surface area contributed by atoms with Gasteiger partial charge in [-0.15, -0.1) is 11.3 Å². The van der Waals surface area contributed by atoms with E-state index in [-0.39, 0.29) is 11.9 Å². The Kier molecular flexibility index (Phi) is 8.12. The Morgan fingerprint density at radius 1 is 1.31 bits per heavy atom. The van der Waals surface area contributed by atoms with Gasteiger partial charge in [0.1, 0.15) is 5.75 Å². The number of hydrogen-bond acceptors (Lipinski definition) is 4. The third-order valence-corrected chi connectivity index (χ3v) is 5.40. The molecular weight excluding hydrogens is 414 g/mol. The highest BCUT2D eigenvalue weighted by Crippen LogP contribution is 2.26. The summed E-state index contributed by atoms with van der Waals surface area (Å²) in [6, 6.07) is 7.74. The first kappa shape index (κ1) is 20.5. The van der Waals surface area contributed by atoms with Crippen LogP contribution in [-0.4, -0.2) is 25.5 Å². The lowest BCUT2D eigenvalue weighted by atomic mass is 10.1. The Morgan fingerprint density at radius 3 is 2.85 bits per heavy atom. The molecule has 0 radical (unpaired) electrons. The number of rotatable bonds is 8. The van der Waals surface area contributed by atoms with Gasteiger partial charge in [0.25, 0.3) is 5.91 Å². The maximum absolute atomic E-state index is 12.4. The van der Waals surface area contributed by atoms with E-state index in [4.69, 9.17) is 10.1 Å². The van der Waals surface area contributed by atoms with Gasteiger partial charge in [-0.25, -0.2) is 0 Å². The number of amides is 1. The molecule has 0 fully saturated rings. The number of carbonyl (C=O) groups is 1. The van der Waals surface area contributed by atoms with Crippen LogP contribution in [-0.2, 0) is 12.8 Å². The first-order chi connectivity index (χ1) is 12.5. The minimum atomic E-state index is -0.239. The van der Waals surface area contributed by atoms with E-state index in [0.717, 1.165) is 46.3 Å². The Morgan fingerprint density at radius 2 is 2.12 bits per heavy atom. The molecule has 0 saturated heterocycles. The predicted molar refractivity (Wildman–Crippen MR) is 111 cm³/mol. The van der Waals surface area contributed by atoms with E-state index in [1.165, 1.54) is 0 Å². The van der Waals surface area contributed by atoms with Crippen molar-refractivity contribution < 1.29 is 9.53 Å². The number of thiophene rings is 1. The highest BCUT2D eigenvalue weighted by Gasteiger charge is 2.15. The van der Waals surface area contributed by atoms with E-state index in [1.807, 2.05) is 29.6 Å². The number of hydrogen-bond donors (Lipinski definition) is 3. The van der Waals surface area contributed by atoms with Crippen LogP contribution < -0.4 is 15.4 Å². The molecular formula is C19H24BrN3O2S. The second-order valence-electron chi connectivity index (χ2n) is 5.82. The van der Waals surface area contributed by atoms with Crippen molar-refractivity contribution in [1.29, 1.82) is 5.41 Å². The third kappa shape index (κ3) is 5.85. The van der Waals surface area contributed by atoms with E-state index >= 15 is 0 Å². The van der Waals surface area contributed by atoms with Crippen LogP contribution in [0.4, 0.5) is 0 Å². The van der Waals surface area contributed by atoms with Gasteiger partial charge < -0.3 is 10.1 Å². The number of unbranched alkanes of at least 4 members (excludes halogenated alkanes) is 1. The van der Waals surface area contributed by atoms with Gasteiger partial charge in [0, 0.05) is 15.9 Å². The largest absolute Gasteiger partial charge is 0.496 e. The Balaban J connectivity index is 1.99. The van der Waals surface area contributed by atoms with Gasteiger partial charge in [-0.2, -0.15) is 0 Å². The molecule has 0 saturated carbocycles. The fourth-order valence-electron chi connectivity index (χ4n) is 2.54. The van der Waals surface area contributed by atoms with Crippen molar-refractivity contribution in [2.45, 2.75) is 32.6 Å². The lowest BCUT2D eigenvalue weighted by Crippen LogP contribution is -2.40. The van der Waals surface area contributed by atoms with Gasteiger partial charge in [0.05, 0.1) is 12.7 Å². The molecule has 26 heavy (non-hydrogen) atoms. The molecule has 2 aromatic rings. The molecule has 140 valence electrons. The fraction of sp³-hybridized carbons (Fsp3) is 0.368. The molecule has 7 heteroatoms. The van der Waals surface area contributed by atoms with Crippen LogP contribution in [0.5, 0.6) is 5.75 Å². The van der Waals surface area contributed by atoms with Crippen molar-refractivity contribution >= 4 is 39.1 Å². The SMILES string of the molecule is CCCCNC(=N)NC(=O)c1ccsc1CCc1cc(Br)ccc1OC. The average molecular weight is 438 g/mol. The van der Waals surface area contributed by atoms with E-state index in [2.05, 4.69) is 33.5 Å². The zero-order chi connectivity index (χ0) is 18.9. The fourth-order valence-corrected chi connectivity index (χ4v) is 3.83. The maximum atomic E-state index is 12.4. The van der Waals surface area contributed by atoms with Crippen LogP contribution in [0.1, 0.15) is 40.6 Å². The number of halogens is 1. The van der Waals surface area contributed by atoms with Crippen LogP contribution in [0.3, 0.4) is 0 Å².